The molecule has 94 valence electrons. The van der Waals surface area contributed by atoms with Crippen molar-refractivity contribution >= 4 is 32.6 Å². The fourth-order valence-electron chi connectivity index (χ4n) is 2.05. The summed E-state index contributed by atoms with van der Waals surface area (Å²) in [5.74, 6) is 0. The molecule has 1 aromatic carbocycles. The maximum atomic E-state index is 12.3. The summed E-state index contributed by atoms with van der Waals surface area (Å²) in [6.07, 6.45) is 1.55. The summed E-state index contributed by atoms with van der Waals surface area (Å²) in [6, 6.07) is 6.52. The van der Waals surface area contributed by atoms with Gasteiger partial charge in [0.05, 0.1) is 11.5 Å². The molecule has 0 aromatic heterocycles. The summed E-state index contributed by atoms with van der Waals surface area (Å²) in [5, 5.41) is 9.18. The lowest BCUT2D eigenvalue weighted by Gasteiger charge is -2.22. The second-order valence-electron chi connectivity index (χ2n) is 4.05. The minimum absolute atomic E-state index is 0.108. The van der Waals surface area contributed by atoms with Crippen LogP contribution in [-0.4, -0.2) is 37.0 Å². The molecule has 1 aliphatic heterocycles. The molecule has 0 radical (unpaired) electrons. The Bertz CT molecular complexity index is 486. The fourth-order valence-corrected chi connectivity index (χ4v) is 4.09. The summed E-state index contributed by atoms with van der Waals surface area (Å²) >= 11 is 2.14. The molecule has 1 aromatic rings. The Kier molecular flexibility index (Phi) is 4.06. The molecule has 4 nitrogen and oxygen atoms in total. The van der Waals surface area contributed by atoms with Crippen LogP contribution < -0.4 is 0 Å². The molecular weight excluding hydrogens is 353 g/mol. The minimum Gasteiger partial charge on any atom is -0.395 e. The molecular formula is C11H14INO3S. The topological polar surface area (TPSA) is 57.6 Å². The van der Waals surface area contributed by atoms with Crippen molar-refractivity contribution in [2.24, 2.45) is 0 Å². The van der Waals surface area contributed by atoms with Crippen LogP contribution >= 0.6 is 22.6 Å². The number of hydrogen-bond donors (Lipinski definition) is 1. The zero-order valence-electron chi connectivity index (χ0n) is 9.21. The predicted octanol–water partition coefficient (Wildman–Crippen LogP) is 1.44. The standard InChI is InChI=1S/C11H14INO3S/c12-9-3-5-11(6-4-9)17(15,16)13-7-1-2-10(13)8-14/h3-6,10,14H,1-2,7-8H2/t10-/m1/s1. The monoisotopic (exact) mass is 367 g/mol. The van der Waals surface area contributed by atoms with Crippen LogP contribution in [0.4, 0.5) is 0 Å². The van der Waals surface area contributed by atoms with Gasteiger partial charge in [0.2, 0.25) is 10.0 Å². The molecule has 2 rings (SSSR count). The van der Waals surface area contributed by atoms with Crippen molar-refractivity contribution in [3.05, 3.63) is 27.8 Å². The number of rotatable bonds is 3. The lowest BCUT2D eigenvalue weighted by atomic mass is 10.2. The molecule has 0 bridgehead atoms. The van der Waals surface area contributed by atoms with Gasteiger partial charge in [0, 0.05) is 16.2 Å². The largest absolute Gasteiger partial charge is 0.395 e. The van der Waals surface area contributed by atoms with E-state index in [9.17, 15) is 13.5 Å². The van der Waals surface area contributed by atoms with E-state index in [1.54, 1.807) is 24.3 Å². The zero-order valence-corrected chi connectivity index (χ0v) is 12.2. The molecule has 1 atom stereocenters. The molecule has 0 spiro atoms. The van der Waals surface area contributed by atoms with Gasteiger partial charge in [0.1, 0.15) is 0 Å². The van der Waals surface area contributed by atoms with Crippen molar-refractivity contribution in [2.45, 2.75) is 23.8 Å². The number of halogens is 1. The average Bonchev–Trinajstić information content (AvgIpc) is 2.78. The lowest BCUT2D eigenvalue weighted by molar-refractivity contribution is 0.213. The van der Waals surface area contributed by atoms with Gasteiger partial charge in [-0.2, -0.15) is 4.31 Å². The van der Waals surface area contributed by atoms with Gasteiger partial charge in [-0.25, -0.2) is 8.42 Å². The van der Waals surface area contributed by atoms with E-state index in [1.807, 2.05) is 0 Å². The summed E-state index contributed by atoms with van der Waals surface area (Å²) in [4.78, 5) is 0.304. The highest BCUT2D eigenvalue weighted by atomic mass is 127. The van der Waals surface area contributed by atoms with E-state index in [2.05, 4.69) is 22.6 Å². The molecule has 1 fully saturated rings. The van der Waals surface area contributed by atoms with Gasteiger partial charge in [0.15, 0.2) is 0 Å². The van der Waals surface area contributed by atoms with Crippen molar-refractivity contribution in [3.63, 3.8) is 0 Å². The third-order valence-corrected chi connectivity index (χ3v) is 5.64. The average molecular weight is 367 g/mol. The second-order valence-corrected chi connectivity index (χ2v) is 7.18. The number of nitrogens with zero attached hydrogens (tertiary/aromatic N) is 1. The predicted molar refractivity (Wildman–Crippen MR) is 73.2 cm³/mol. The van der Waals surface area contributed by atoms with Crippen LogP contribution in [0.5, 0.6) is 0 Å². The third-order valence-electron chi connectivity index (χ3n) is 2.95. The molecule has 1 N–H and O–H groups in total. The molecule has 0 unspecified atom stereocenters. The summed E-state index contributed by atoms with van der Waals surface area (Å²) in [5.41, 5.74) is 0. The normalized spacial score (nSPS) is 21.9. The Morgan fingerprint density at radius 2 is 2.00 bits per heavy atom. The molecule has 0 saturated carbocycles. The Morgan fingerprint density at radius 3 is 2.59 bits per heavy atom. The van der Waals surface area contributed by atoms with Crippen LogP contribution in [0, 0.1) is 3.57 Å². The van der Waals surface area contributed by atoms with Crippen LogP contribution in [0.25, 0.3) is 0 Å². The summed E-state index contributed by atoms with van der Waals surface area (Å²) in [6.45, 7) is 0.392. The number of benzene rings is 1. The number of hydrogen-bond acceptors (Lipinski definition) is 3. The molecule has 1 saturated heterocycles. The van der Waals surface area contributed by atoms with Crippen LogP contribution in [0.3, 0.4) is 0 Å². The Balaban J connectivity index is 2.33. The van der Waals surface area contributed by atoms with E-state index < -0.39 is 10.0 Å². The molecule has 1 aliphatic rings. The maximum absolute atomic E-state index is 12.3. The number of aliphatic hydroxyl groups excluding tert-OH is 1. The van der Waals surface area contributed by atoms with Gasteiger partial charge in [-0.3, -0.25) is 0 Å². The molecule has 0 aliphatic carbocycles. The Hall–Kier alpha value is -0.180. The quantitative estimate of drug-likeness (QED) is 0.823. The summed E-state index contributed by atoms with van der Waals surface area (Å²) in [7, 11) is -3.45. The first kappa shape index (κ1) is 13.3. The van der Waals surface area contributed by atoms with Gasteiger partial charge < -0.3 is 5.11 Å². The van der Waals surface area contributed by atoms with Gasteiger partial charge in [-0.05, 0) is 59.7 Å². The second kappa shape index (κ2) is 5.21. The SMILES string of the molecule is O=S(=O)(c1ccc(I)cc1)N1CCC[C@@H]1CO. The van der Waals surface area contributed by atoms with E-state index in [1.165, 1.54) is 4.31 Å². The van der Waals surface area contributed by atoms with E-state index in [4.69, 9.17) is 0 Å². The highest BCUT2D eigenvalue weighted by Gasteiger charge is 2.34. The maximum Gasteiger partial charge on any atom is 0.243 e. The van der Waals surface area contributed by atoms with Crippen LogP contribution in [0.1, 0.15) is 12.8 Å². The Labute approximate surface area is 115 Å². The lowest BCUT2D eigenvalue weighted by Crippen LogP contribution is -2.37. The zero-order chi connectivity index (χ0) is 12.5. The van der Waals surface area contributed by atoms with Crippen LogP contribution in [0.2, 0.25) is 0 Å². The van der Waals surface area contributed by atoms with Crippen molar-refractivity contribution in [2.75, 3.05) is 13.2 Å². The highest BCUT2D eigenvalue weighted by molar-refractivity contribution is 14.1. The van der Waals surface area contributed by atoms with Crippen molar-refractivity contribution < 1.29 is 13.5 Å². The Morgan fingerprint density at radius 1 is 1.35 bits per heavy atom. The van der Waals surface area contributed by atoms with E-state index in [-0.39, 0.29) is 12.6 Å². The first-order valence-electron chi connectivity index (χ1n) is 5.44. The van der Waals surface area contributed by atoms with Crippen molar-refractivity contribution in [3.8, 4) is 0 Å². The smallest absolute Gasteiger partial charge is 0.243 e. The van der Waals surface area contributed by atoms with Gasteiger partial charge in [-0.15, -0.1) is 0 Å². The van der Waals surface area contributed by atoms with Gasteiger partial charge >= 0.3 is 0 Å². The van der Waals surface area contributed by atoms with Crippen LogP contribution in [0.15, 0.2) is 29.2 Å². The van der Waals surface area contributed by atoms with Crippen molar-refractivity contribution in [1.29, 1.82) is 0 Å². The number of sulfonamides is 1. The molecule has 17 heavy (non-hydrogen) atoms. The molecule has 1 heterocycles. The first-order valence-corrected chi connectivity index (χ1v) is 7.96. The molecule has 6 heteroatoms. The van der Waals surface area contributed by atoms with E-state index in [0.717, 1.165) is 16.4 Å². The van der Waals surface area contributed by atoms with Gasteiger partial charge in [-0.1, -0.05) is 0 Å². The van der Waals surface area contributed by atoms with Gasteiger partial charge in [0.25, 0.3) is 0 Å². The fraction of sp³-hybridized carbons (Fsp3) is 0.455. The first-order chi connectivity index (χ1) is 8.05. The number of aliphatic hydroxyl groups is 1. The van der Waals surface area contributed by atoms with Crippen molar-refractivity contribution in [1.82, 2.24) is 4.31 Å². The van der Waals surface area contributed by atoms with E-state index in [0.29, 0.717) is 11.4 Å². The van der Waals surface area contributed by atoms with Crippen LogP contribution in [-0.2, 0) is 10.0 Å². The minimum atomic E-state index is -3.45. The third kappa shape index (κ3) is 2.64. The highest BCUT2D eigenvalue weighted by Crippen LogP contribution is 2.26. The van der Waals surface area contributed by atoms with E-state index >= 15 is 0 Å². The molecule has 0 amide bonds. The summed E-state index contributed by atoms with van der Waals surface area (Å²) < 4.78 is 27.1.